The number of anilines is 1. The molecule has 1 saturated heterocycles. The van der Waals surface area contributed by atoms with Gasteiger partial charge in [-0.15, -0.1) is 0 Å². The normalized spacial score (nSPS) is 22.6. The van der Waals surface area contributed by atoms with E-state index < -0.39 is 33.2 Å². The summed E-state index contributed by atoms with van der Waals surface area (Å²) < 4.78 is 39.4. The fourth-order valence-corrected chi connectivity index (χ4v) is 8.91. The number of likely N-dealkylation sites (tertiary alicyclic amines) is 1. The fourth-order valence-electron chi connectivity index (χ4n) is 7.37. The standard InChI is InChI=1S/C35H45ClN2O6S/c1-34(2,3)44-33(40)37-16-13-25(14-17-37)31(39)21-45(41,42)28-10-12-32-30(19-28)38(20-24-6-4-7-24)22-35(23-43-32)15-5-8-26-18-27(36)9-11-29(26)35/h9-12,18-19,24-25H,4-8,13-17,20-23H2,1-3H3. The highest BCUT2D eigenvalue weighted by atomic mass is 35.5. The number of piperidine rings is 1. The maximum atomic E-state index is 13.7. The summed E-state index contributed by atoms with van der Waals surface area (Å²) in [6.07, 6.45) is 7.04. The Kier molecular flexibility index (Phi) is 8.89. The largest absolute Gasteiger partial charge is 0.490 e. The van der Waals surface area contributed by atoms with Gasteiger partial charge >= 0.3 is 6.09 Å². The number of hydrogen-bond acceptors (Lipinski definition) is 7. The van der Waals surface area contributed by atoms with Crippen molar-refractivity contribution in [1.29, 1.82) is 0 Å². The van der Waals surface area contributed by atoms with Crippen molar-refractivity contribution >= 4 is 39.0 Å². The summed E-state index contributed by atoms with van der Waals surface area (Å²) in [7, 11) is -3.89. The molecule has 2 aromatic rings. The minimum absolute atomic E-state index is 0.148. The Balaban J connectivity index is 1.20. The van der Waals surface area contributed by atoms with Crippen LogP contribution in [0.3, 0.4) is 0 Å². The smallest absolute Gasteiger partial charge is 0.410 e. The summed E-state index contributed by atoms with van der Waals surface area (Å²) in [5, 5.41) is 0.743. The zero-order chi connectivity index (χ0) is 32.0. The number of hydrogen-bond donors (Lipinski definition) is 0. The second-order valence-electron chi connectivity index (χ2n) is 14.5. The molecule has 1 atom stereocenters. The number of sulfone groups is 1. The third-order valence-corrected chi connectivity index (χ3v) is 11.9. The summed E-state index contributed by atoms with van der Waals surface area (Å²) in [5.41, 5.74) is 2.52. The van der Waals surface area contributed by atoms with Gasteiger partial charge in [0.2, 0.25) is 0 Å². The lowest BCUT2D eigenvalue weighted by Gasteiger charge is -2.42. The summed E-state index contributed by atoms with van der Waals surface area (Å²) >= 11 is 6.38. The number of Topliss-reactive ketones (excluding diaryl/α,β-unsaturated/α-hetero) is 1. The fraction of sp³-hybridized carbons (Fsp3) is 0.600. The van der Waals surface area contributed by atoms with Gasteiger partial charge in [-0.05, 0) is 113 Å². The molecule has 6 rings (SSSR count). The molecule has 0 radical (unpaired) electrons. The number of halogens is 1. The minimum Gasteiger partial charge on any atom is -0.490 e. The highest BCUT2D eigenvalue weighted by Gasteiger charge is 2.43. The summed E-state index contributed by atoms with van der Waals surface area (Å²) in [5.74, 6) is -0.00300. The van der Waals surface area contributed by atoms with E-state index in [0.717, 1.165) is 43.1 Å². The van der Waals surface area contributed by atoms with E-state index in [1.165, 1.54) is 30.4 Å². The molecule has 2 aliphatic carbocycles. The van der Waals surface area contributed by atoms with Gasteiger partial charge in [0.05, 0.1) is 17.2 Å². The van der Waals surface area contributed by atoms with Gasteiger partial charge in [0.1, 0.15) is 17.1 Å². The highest BCUT2D eigenvalue weighted by Crippen LogP contribution is 2.46. The molecule has 0 N–H and O–H groups in total. The Morgan fingerprint density at radius 2 is 1.80 bits per heavy atom. The van der Waals surface area contributed by atoms with E-state index in [-0.39, 0.29) is 16.1 Å². The van der Waals surface area contributed by atoms with Crippen molar-refractivity contribution in [3.05, 3.63) is 52.5 Å². The number of carbonyl (C=O) groups excluding carboxylic acids is 2. The number of aryl methyl sites for hydroxylation is 1. The Bertz CT molecular complexity index is 1560. The van der Waals surface area contributed by atoms with Crippen LogP contribution in [0.15, 0.2) is 41.3 Å². The second kappa shape index (κ2) is 12.4. The molecule has 4 aliphatic rings. The summed E-state index contributed by atoms with van der Waals surface area (Å²) in [6, 6.07) is 11.3. The van der Waals surface area contributed by atoms with Gasteiger partial charge in [-0.1, -0.05) is 24.1 Å². The Morgan fingerprint density at radius 3 is 2.49 bits per heavy atom. The van der Waals surface area contributed by atoms with Gasteiger partial charge < -0.3 is 19.3 Å². The zero-order valence-corrected chi connectivity index (χ0v) is 28.2. The van der Waals surface area contributed by atoms with Crippen molar-refractivity contribution in [2.24, 2.45) is 11.8 Å². The van der Waals surface area contributed by atoms with E-state index in [1.54, 1.807) is 23.1 Å². The molecule has 1 unspecified atom stereocenters. The van der Waals surface area contributed by atoms with Crippen LogP contribution in [0.4, 0.5) is 10.5 Å². The molecule has 1 saturated carbocycles. The van der Waals surface area contributed by atoms with Crippen molar-refractivity contribution < 1.29 is 27.5 Å². The number of ether oxygens (including phenoxy) is 2. The van der Waals surface area contributed by atoms with Crippen molar-refractivity contribution in [3.63, 3.8) is 0 Å². The molecule has 0 aromatic heterocycles. The summed E-state index contributed by atoms with van der Waals surface area (Å²) in [6.45, 7) is 8.29. The predicted molar refractivity (Wildman–Crippen MR) is 175 cm³/mol. The highest BCUT2D eigenvalue weighted by molar-refractivity contribution is 7.92. The van der Waals surface area contributed by atoms with Crippen LogP contribution in [-0.4, -0.2) is 69.3 Å². The minimum atomic E-state index is -3.89. The SMILES string of the molecule is CC(C)(C)OC(=O)N1CCC(C(=O)CS(=O)(=O)c2ccc3c(c2)N(CC2CCC2)CC2(CCCc4cc(Cl)ccc42)CO3)CC1. The Labute approximate surface area is 272 Å². The van der Waals surface area contributed by atoms with Crippen LogP contribution in [0.2, 0.25) is 5.02 Å². The van der Waals surface area contributed by atoms with Crippen molar-refractivity contribution in [2.75, 3.05) is 43.4 Å². The second-order valence-corrected chi connectivity index (χ2v) is 16.9. The number of rotatable bonds is 6. The topological polar surface area (TPSA) is 93.2 Å². The van der Waals surface area contributed by atoms with Crippen LogP contribution >= 0.6 is 11.6 Å². The number of benzene rings is 2. The Morgan fingerprint density at radius 1 is 1.04 bits per heavy atom. The van der Waals surface area contributed by atoms with Gasteiger partial charge in [-0.25, -0.2) is 13.2 Å². The zero-order valence-electron chi connectivity index (χ0n) is 26.6. The lowest BCUT2D eigenvalue weighted by atomic mass is 9.70. The van der Waals surface area contributed by atoms with E-state index in [2.05, 4.69) is 17.0 Å². The molecule has 1 spiro atoms. The molecule has 2 aromatic carbocycles. The molecular formula is C35H45ClN2O6S. The molecule has 1 amide bonds. The first-order chi connectivity index (χ1) is 21.3. The number of fused-ring (bicyclic) bond motifs is 3. The van der Waals surface area contributed by atoms with Gasteiger partial charge in [0.25, 0.3) is 0 Å². The molecule has 2 heterocycles. The number of nitrogens with zero attached hydrogens (tertiary/aromatic N) is 2. The summed E-state index contributed by atoms with van der Waals surface area (Å²) in [4.78, 5) is 29.8. The first-order valence-corrected chi connectivity index (χ1v) is 18.4. The lowest BCUT2D eigenvalue weighted by Crippen LogP contribution is -2.47. The van der Waals surface area contributed by atoms with Gasteiger partial charge in [0, 0.05) is 42.5 Å². The van der Waals surface area contributed by atoms with Crippen LogP contribution in [0, 0.1) is 11.8 Å². The molecule has 45 heavy (non-hydrogen) atoms. The first-order valence-electron chi connectivity index (χ1n) is 16.4. The average Bonchev–Trinajstić information content (AvgIpc) is 3.11. The monoisotopic (exact) mass is 656 g/mol. The van der Waals surface area contributed by atoms with Crippen LogP contribution in [0.25, 0.3) is 0 Å². The molecule has 2 fully saturated rings. The van der Waals surface area contributed by atoms with E-state index >= 15 is 0 Å². The third-order valence-electron chi connectivity index (χ3n) is 10.0. The van der Waals surface area contributed by atoms with Crippen LogP contribution in [-0.2, 0) is 31.2 Å². The van der Waals surface area contributed by atoms with E-state index in [0.29, 0.717) is 44.2 Å². The van der Waals surface area contributed by atoms with Gasteiger partial charge in [-0.3, -0.25) is 4.79 Å². The third kappa shape index (κ3) is 6.99. The lowest BCUT2D eigenvalue weighted by molar-refractivity contribution is -0.121. The predicted octanol–water partition coefficient (Wildman–Crippen LogP) is 6.60. The number of amides is 1. The van der Waals surface area contributed by atoms with Crippen molar-refractivity contribution in [1.82, 2.24) is 4.90 Å². The van der Waals surface area contributed by atoms with Crippen LogP contribution < -0.4 is 9.64 Å². The van der Waals surface area contributed by atoms with E-state index in [9.17, 15) is 18.0 Å². The first kappa shape index (κ1) is 32.2. The maximum Gasteiger partial charge on any atom is 0.410 e. The van der Waals surface area contributed by atoms with Gasteiger partial charge in [0.15, 0.2) is 15.6 Å². The van der Waals surface area contributed by atoms with Gasteiger partial charge in [-0.2, -0.15) is 0 Å². The molecule has 0 bridgehead atoms. The molecule has 8 nitrogen and oxygen atoms in total. The van der Waals surface area contributed by atoms with E-state index in [4.69, 9.17) is 21.1 Å². The van der Waals surface area contributed by atoms with Crippen LogP contribution in [0.5, 0.6) is 5.75 Å². The molecule has 10 heteroatoms. The number of ketones is 1. The molecular weight excluding hydrogens is 612 g/mol. The van der Waals surface area contributed by atoms with Crippen LogP contribution in [0.1, 0.15) is 76.8 Å². The van der Waals surface area contributed by atoms with E-state index in [1.807, 2.05) is 26.8 Å². The molecule has 244 valence electrons. The maximum absolute atomic E-state index is 13.7. The van der Waals surface area contributed by atoms with Crippen molar-refractivity contribution in [3.8, 4) is 5.75 Å². The number of carbonyl (C=O) groups is 2. The van der Waals surface area contributed by atoms with Crippen molar-refractivity contribution in [2.45, 2.75) is 88.0 Å². The quantitative estimate of drug-likeness (QED) is 0.346. The average molecular weight is 657 g/mol. The Hall–Kier alpha value is -2.78. The molecule has 2 aliphatic heterocycles.